The molecule has 1 saturated heterocycles. The normalized spacial score (nSPS) is 22.5. The largest absolute Gasteiger partial charge is 0.453 e. The molecule has 74 valence electrons. The van der Waals surface area contributed by atoms with E-state index in [1.165, 1.54) is 12.0 Å². The summed E-state index contributed by atoms with van der Waals surface area (Å²) >= 11 is 0. The highest BCUT2D eigenvalue weighted by Gasteiger charge is 2.26. The Hall–Kier alpha value is -1.30. The molecule has 0 aromatic carbocycles. The molecule has 6 nitrogen and oxygen atoms in total. The van der Waals surface area contributed by atoms with Gasteiger partial charge in [-0.25, -0.2) is 4.79 Å². The highest BCUT2D eigenvalue weighted by atomic mass is 16.5. The van der Waals surface area contributed by atoms with Gasteiger partial charge in [0.25, 0.3) is 0 Å². The first-order chi connectivity index (χ1) is 6.15. The van der Waals surface area contributed by atoms with Crippen LogP contribution in [0.1, 0.15) is 0 Å². The molecule has 0 aromatic heterocycles. The van der Waals surface area contributed by atoms with E-state index in [1.807, 2.05) is 0 Å². The van der Waals surface area contributed by atoms with Crippen molar-refractivity contribution < 1.29 is 14.3 Å². The van der Waals surface area contributed by atoms with E-state index >= 15 is 0 Å². The minimum absolute atomic E-state index is 0.280. The summed E-state index contributed by atoms with van der Waals surface area (Å²) in [5, 5.41) is 2.90. The molecule has 1 atom stereocenters. The number of ether oxygens (including phenoxy) is 1. The highest BCUT2D eigenvalue weighted by Crippen LogP contribution is 2.00. The lowest BCUT2D eigenvalue weighted by atomic mass is 10.2. The van der Waals surface area contributed by atoms with Crippen LogP contribution in [0.5, 0.6) is 0 Å². The van der Waals surface area contributed by atoms with Crippen molar-refractivity contribution in [2.24, 2.45) is 5.73 Å². The van der Waals surface area contributed by atoms with Gasteiger partial charge in [-0.15, -0.1) is 0 Å². The van der Waals surface area contributed by atoms with Gasteiger partial charge in [-0.05, 0) is 0 Å². The first-order valence-electron chi connectivity index (χ1n) is 4.00. The average Bonchev–Trinajstić information content (AvgIpc) is 2.17. The standard InChI is InChI=1S/C7H13N3O3/c1-13-7(12)10-3-2-9-5(4-10)6(8)11/h5,9H,2-4H2,1H3,(H2,8,11). The zero-order valence-electron chi connectivity index (χ0n) is 7.45. The van der Waals surface area contributed by atoms with Crippen LogP contribution in [0.15, 0.2) is 0 Å². The first-order valence-corrected chi connectivity index (χ1v) is 4.00. The molecule has 1 aliphatic rings. The van der Waals surface area contributed by atoms with Crippen molar-refractivity contribution in [2.75, 3.05) is 26.7 Å². The fourth-order valence-electron chi connectivity index (χ4n) is 1.24. The van der Waals surface area contributed by atoms with E-state index in [4.69, 9.17) is 5.73 Å². The van der Waals surface area contributed by atoms with Crippen LogP contribution in [0.4, 0.5) is 4.79 Å². The van der Waals surface area contributed by atoms with E-state index in [-0.39, 0.29) is 6.54 Å². The average molecular weight is 187 g/mol. The molecule has 1 fully saturated rings. The number of rotatable bonds is 1. The number of nitrogens with two attached hydrogens (primary N) is 1. The van der Waals surface area contributed by atoms with Crippen LogP contribution in [-0.4, -0.2) is 49.7 Å². The number of primary amides is 1. The van der Waals surface area contributed by atoms with Gasteiger partial charge in [0.1, 0.15) is 6.04 Å². The molecule has 1 unspecified atom stereocenters. The number of nitrogens with zero attached hydrogens (tertiary/aromatic N) is 1. The monoisotopic (exact) mass is 187 g/mol. The Morgan fingerprint density at radius 1 is 1.62 bits per heavy atom. The summed E-state index contributed by atoms with van der Waals surface area (Å²) < 4.78 is 4.52. The van der Waals surface area contributed by atoms with Gasteiger partial charge in [0.2, 0.25) is 5.91 Å². The van der Waals surface area contributed by atoms with Crippen molar-refractivity contribution >= 4 is 12.0 Å². The van der Waals surface area contributed by atoms with Gasteiger partial charge in [-0.1, -0.05) is 0 Å². The van der Waals surface area contributed by atoms with Crippen molar-refractivity contribution in [1.82, 2.24) is 10.2 Å². The van der Waals surface area contributed by atoms with Crippen LogP contribution in [0.2, 0.25) is 0 Å². The summed E-state index contributed by atoms with van der Waals surface area (Å²) in [6.45, 7) is 1.38. The summed E-state index contributed by atoms with van der Waals surface area (Å²) in [4.78, 5) is 23.3. The van der Waals surface area contributed by atoms with Crippen LogP contribution >= 0.6 is 0 Å². The smallest absolute Gasteiger partial charge is 0.409 e. The molecule has 0 aromatic rings. The molecule has 0 radical (unpaired) electrons. The zero-order chi connectivity index (χ0) is 9.84. The predicted octanol–water partition coefficient (Wildman–Crippen LogP) is -1.49. The van der Waals surface area contributed by atoms with E-state index in [1.54, 1.807) is 0 Å². The zero-order valence-corrected chi connectivity index (χ0v) is 7.45. The number of piperazine rings is 1. The lowest BCUT2D eigenvalue weighted by Crippen LogP contribution is -2.57. The molecule has 2 amide bonds. The highest BCUT2D eigenvalue weighted by molar-refractivity contribution is 5.81. The van der Waals surface area contributed by atoms with Crippen LogP contribution in [-0.2, 0) is 9.53 Å². The van der Waals surface area contributed by atoms with E-state index in [0.717, 1.165) is 0 Å². The SMILES string of the molecule is COC(=O)N1CCNC(C(N)=O)C1. The summed E-state index contributed by atoms with van der Waals surface area (Å²) in [6.07, 6.45) is -0.423. The number of methoxy groups -OCH3 is 1. The van der Waals surface area contributed by atoms with Crippen molar-refractivity contribution in [3.63, 3.8) is 0 Å². The minimum Gasteiger partial charge on any atom is -0.453 e. The van der Waals surface area contributed by atoms with Gasteiger partial charge >= 0.3 is 6.09 Å². The lowest BCUT2D eigenvalue weighted by molar-refractivity contribution is -0.120. The molecule has 0 spiro atoms. The number of hydrogen-bond acceptors (Lipinski definition) is 4. The maximum Gasteiger partial charge on any atom is 0.409 e. The van der Waals surface area contributed by atoms with Gasteiger partial charge < -0.3 is 20.7 Å². The maximum absolute atomic E-state index is 11.1. The molecule has 13 heavy (non-hydrogen) atoms. The Morgan fingerprint density at radius 3 is 2.85 bits per heavy atom. The second-order valence-electron chi connectivity index (χ2n) is 2.83. The number of hydrogen-bond donors (Lipinski definition) is 2. The molecule has 6 heteroatoms. The van der Waals surface area contributed by atoms with Gasteiger partial charge in [0.05, 0.1) is 7.11 Å². The number of nitrogens with one attached hydrogen (secondary N) is 1. The second-order valence-corrected chi connectivity index (χ2v) is 2.83. The molecule has 1 aliphatic heterocycles. The topological polar surface area (TPSA) is 84.7 Å². The molecule has 0 bridgehead atoms. The lowest BCUT2D eigenvalue weighted by Gasteiger charge is -2.30. The van der Waals surface area contributed by atoms with E-state index in [2.05, 4.69) is 10.1 Å². The third kappa shape index (κ3) is 2.32. The first kappa shape index (κ1) is 9.79. The summed E-state index contributed by atoms with van der Waals surface area (Å²) in [6, 6.07) is -0.465. The Morgan fingerprint density at radius 2 is 2.31 bits per heavy atom. The van der Waals surface area contributed by atoms with Crippen LogP contribution in [0, 0.1) is 0 Å². The molecule has 1 heterocycles. The van der Waals surface area contributed by atoms with Crippen LogP contribution < -0.4 is 11.1 Å². The third-order valence-corrected chi connectivity index (χ3v) is 1.95. The fourth-order valence-corrected chi connectivity index (χ4v) is 1.24. The van der Waals surface area contributed by atoms with Crippen molar-refractivity contribution in [3.8, 4) is 0 Å². The number of amides is 2. The third-order valence-electron chi connectivity index (χ3n) is 1.95. The quantitative estimate of drug-likeness (QED) is 0.524. The van der Waals surface area contributed by atoms with Crippen LogP contribution in [0.25, 0.3) is 0 Å². The maximum atomic E-state index is 11.1. The summed E-state index contributed by atoms with van der Waals surface area (Å²) in [5.41, 5.74) is 5.09. The Kier molecular flexibility index (Phi) is 3.07. The number of carbonyl (C=O) groups is 2. The Balaban J connectivity index is 2.51. The Labute approximate surface area is 76.0 Å². The van der Waals surface area contributed by atoms with E-state index in [0.29, 0.717) is 13.1 Å². The molecular weight excluding hydrogens is 174 g/mol. The van der Waals surface area contributed by atoms with E-state index in [9.17, 15) is 9.59 Å². The van der Waals surface area contributed by atoms with Gasteiger partial charge in [0.15, 0.2) is 0 Å². The van der Waals surface area contributed by atoms with Crippen LogP contribution in [0.3, 0.4) is 0 Å². The van der Waals surface area contributed by atoms with Crippen molar-refractivity contribution in [3.05, 3.63) is 0 Å². The molecular formula is C7H13N3O3. The summed E-state index contributed by atoms with van der Waals surface area (Å²) in [7, 11) is 1.31. The van der Waals surface area contributed by atoms with Crippen molar-refractivity contribution in [1.29, 1.82) is 0 Å². The minimum atomic E-state index is -0.465. The van der Waals surface area contributed by atoms with Crippen molar-refractivity contribution in [2.45, 2.75) is 6.04 Å². The van der Waals surface area contributed by atoms with Gasteiger partial charge in [-0.3, -0.25) is 4.79 Å². The van der Waals surface area contributed by atoms with E-state index < -0.39 is 18.0 Å². The van der Waals surface area contributed by atoms with Gasteiger partial charge in [-0.2, -0.15) is 0 Å². The summed E-state index contributed by atoms with van der Waals surface area (Å²) in [5.74, 6) is -0.450. The fraction of sp³-hybridized carbons (Fsp3) is 0.714. The molecule has 0 saturated carbocycles. The molecule has 3 N–H and O–H groups in total. The predicted molar refractivity (Wildman–Crippen MR) is 45.0 cm³/mol. The van der Waals surface area contributed by atoms with Gasteiger partial charge in [0, 0.05) is 19.6 Å². The number of carbonyl (C=O) groups excluding carboxylic acids is 2. The molecule has 1 rings (SSSR count). The molecule has 0 aliphatic carbocycles. The Bertz CT molecular complexity index is 219. The second kappa shape index (κ2) is 4.08.